The van der Waals surface area contributed by atoms with Crippen LogP contribution >= 0.6 is 0 Å². The SMILES string of the molecule is CCCC(=O)Nc1nnc(C2CC(=O)N(c3ccc(S(C)(=O)=O)cc3)C2)o1. The van der Waals surface area contributed by atoms with E-state index in [1.165, 1.54) is 12.1 Å². The summed E-state index contributed by atoms with van der Waals surface area (Å²) < 4.78 is 28.6. The fourth-order valence-electron chi connectivity index (χ4n) is 2.85. The first-order valence-electron chi connectivity index (χ1n) is 8.51. The molecule has 1 N–H and O–H groups in total. The molecule has 0 aliphatic carbocycles. The number of nitrogens with zero attached hydrogens (tertiary/aromatic N) is 3. The van der Waals surface area contributed by atoms with Crippen LogP contribution in [-0.2, 0) is 19.4 Å². The van der Waals surface area contributed by atoms with Crippen molar-refractivity contribution in [2.24, 2.45) is 0 Å². The molecule has 1 aromatic heterocycles. The molecule has 1 unspecified atom stereocenters. The standard InChI is InChI=1S/C17H20N4O5S/c1-3-4-14(22)18-17-20-19-16(26-17)11-9-15(23)21(10-11)12-5-7-13(8-6-12)27(2,24)25/h5-8,11H,3-4,9-10H2,1-2H3,(H,18,20,22). The molecule has 2 heterocycles. The first kappa shape index (κ1) is 19.0. The van der Waals surface area contributed by atoms with Crippen molar-refractivity contribution >= 4 is 33.4 Å². The van der Waals surface area contributed by atoms with Gasteiger partial charge in [-0.25, -0.2) is 8.42 Å². The maximum atomic E-state index is 12.4. The van der Waals surface area contributed by atoms with Gasteiger partial charge in [-0.2, -0.15) is 0 Å². The van der Waals surface area contributed by atoms with Crippen LogP contribution in [0.5, 0.6) is 0 Å². The smallest absolute Gasteiger partial charge is 0.322 e. The highest BCUT2D eigenvalue weighted by atomic mass is 32.2. The van der Waals surface area contributed by atoms with Crippen molar-refractivity contribution in [3.05, 3.63) is 30.2 Å². The highest BCUT2D eigenvalue weighted by Gasteiger charge is 2.35. The molecule has 9 nitrogen and oxygen atoms in total. The van der Waals surface area contributed by atoms with Gasteiger partial charge in [-0.05, 0) is 30.7 Å². The minimum atomic E-state index is -3.29. The van der Waals surface area contributed by atoms with Gasteiger partial charge in [0.05, 0.1) is 10.8 Å². The van der Waals surface area contributed by atoms with E-state index in [2.05, 4.69) is 15.5 Å². The third kappa shape index (κ3) is 4.33. The van der Waals surface area contributed by atoms with Gasteiger partial charge in [-0.3, -0.25) is 14.9 Å². The molecule has 10 heteroatoms. The van der Waals surface area contributed by atoms with Gasteiger partial charge in [0.1, 0.15) is 0 Å². The van der Waals surface area contributed by atoms with Gasteiger partial charge in [0.25, 0.3) is 0 Å². The van der Waals surface area contributed by atoms with Crippen molar-refractivity contribution in [3.8, 4) is 0 Å². The lowest BCUT2D eigenvalue weighted by molar-refractivity contribution is -0.117. The van der Waals surface area contributed by atoms with E-state index < -0.39 is 9.84 Å². The molecule has 1 aromatic carbocycles. The maximum absolute atomic E-state index is 12.4. The zero-order chi connectivity index (χ0) is 19.6. The summed E-state index contributed by atoms with van der Waals surface area (Å²) in [5, 5.41) is 10.3. The molecule has 2 amide bonds. The zero-order valence-corrected chi connectivity index (χ0v) is 15.8. The number of carbonyl (C=O) groups is 2. The molecule has 1 atom stereocenters. The summed E-state index contributed by atoms with van der Waals surface area (Å²) >= 11 is 0. The predicted octanol–water partition coefficient (Wildman–Crippen LogP) is 1.73. The highest BCUT2D eigenvalue weighted by Crippen LogP contribution is 2.32. The number of anilines is 2. The lowest BCUT2D eigenvalue weighted by atomic mass is 10.1. The Balaban J connectivity index is 1.70. The van der Waals surface area contributed by atoms with Crippen LogP contribution in [0.25, 0.3) is 0 Å². The third-order valence-corrected chi connectivity index (χ3v) is 5.34. The van der Waals surface area contributed by atoms with Crippen LogP contribution in [0.1, 0.15) is 38.0 Å². The summed E-state index contributed by atoms with van der Waals surface area (Å²) in [6.45, 7) is 2.22. The van der Waals surface area contributed by atoms with Gasteiger partial charge in [-0.15, -0.1) is 5.10 Å². The molecule has 1 aliphatic rings. The van der Waals surface area contributed by atoms with E-state index in [1.54, 1.807) is 17.0 Å². The van der Waals surface area contributed by atoms with E-state index in [1.807, 2.05) is 6.92 Å². The summed E-state index contributed by atoms with van der Waals surface area (Å²) in [5.74, 6) is -0.341. The largest absolute Gasteiger partial charge is 0.407 e. The van der Waals surface area contributed by atoms with Crippen LogP contribution in [0, 0.1) is 0 Å². The van der Waals surface area contributed by atoms with Gasteiger partial charge in [0.2, 0.25) is 17.7 Å². The van der Waals surface area contributed by atoms with Gasteiger partial charge >= 0.3 is 6.01 Å². The minimum Gasteiger partial charge on any atom is -0.407 e. The van der Waals surface area contributed by atoms with Crippen molar-refractivity contribution in [2.45, 2.75) is 37.0 Å². The molecule has 0 saturated carbocycles. The molecule has 2 aromatic rings. The summed E-state index contributed by atoms with van der Waals surface area (Å²) in [6.07, 6.45) is 2.39. The average Bonchev–Trinajstić information content (AvgIpc) is 3.21. The second-order valence-electron chi connectivity index (χ2n) is 6.42. The van der Waals surface area contributed by atoms with E-state index in [0.29, 0.717) is 25.1 Å². The molecule has 1 aliphatic heterocycles. The molecule has 3 rings (SSSR count). The predicted molar refractivity (Wildman–Crippen MR) is 97.1 cm³/mol. The molecule has 27 heavy (non-hydrogen) atoms. The Morgan fingerprint density at radius 2 is 2.00 bits per heavy atom. The van der Waals surface area contributed by atoms with Gasteiger partial charge in [-0.1, -0.05) is 12.0 Å². The maximum Gasteiger partial charge on any atom is 0.322 e. The van der Waals surface area contributed by atoms with E-state index in [-0.39, 0.29) is 41.0 Å². The van der Waals surface area contributed by atoms with Crippen LogP contribution in [0.4, 0.5) is 11.7 Å². The van der Waals surface area contributed by atoms with E-state index in [4.69, 9.17) is 4.42 Å². The Kier molecular flexibility index (Phi) is 5.26. The van der Waals surface area contributed by atoms with E-state index in [0.717, 1.165) is 6.26 Å². The van der Waals surface area contributed by atoms with Crippen LogP contribution < -0.4 is 10.2 Å². The van der Waals surface area contributed by atoms with Crippen molar-refractivity contribution in [2.75, 3.05) is 23.0 Å². The van der Waals surface area contributed by atoms with Gasteiger partial charge in [0, 0.05) is 31.3 Å². The fourth-order valence-corrected chi connectivity index (χ4v) is 3.49. The van der Waals surface area contributed by atoms with Gasteiger partial charge in [0.15, 0.2) is 9.84 Å². The fraction of sp³-hybridized carbons (Fsp3) is 0.412. The lowest BCUT2D eigenvalue weighted by Gasteiger charge is -2.16. The molecule has 144 valence electrons. The number of benzene rings is 1. The first-order valence-corrected chi connectivity index (χ1v) is 10.4. The summed E-state index contributed by atoms with van der Waals surface area (Å²) in [7, 11) is -3.29. The van der Waals surface area contributed by atoms with E-state index in [9.17, 15) is 18.0 Å². The van der Waals surface area contributed by atoms with Crippen molar-refractivity contribution < 1.29 is 22.4 Å². The van der Waals surface area contributed by atoms with Crippen molar-refractivity contribution in [1.82, 2.24) is 10.2 Å². The molecule has 1 saturated heterocycles. The Morgan fingerprint density at radius 3 is 2.63 bits per heavy atom. The molecule has 1 fully saturated rings. The quantitative estimate of drug-likeness (QED) is 0.794. The zero-order valence-electron chi connectivity index (χ0n) is 15.0. The first-order chi connectivity index (χ1) is 12.8. The summed E-state index contributed by atoms with van der Waals surface area (Å²) in [6, 6.07) is 6.16. The average molecular weight is 392 g/mol. The summed E-state index contributed by atoms with van der Waals surface area (Å²) in [5.41, 5.74) is 0.603. The molecule has 0 spiro atoms. The number of aromatic nitrogens is 2. The Hall–Kier alpha value is -2.75. The number of hydrogen-bond donors (Lipinski definition) is 1. The molecule has 0 radical (unpaired) electrons. The van der Waals surface area contributed by atoms with Crippen LogP contribution in [0.15, 0.2) is 33.6 Å². The number of amides is 2. The number of nitrogens with one attached hydrogen (secondary N) is 1. The highest BCUT2D eigenvalue weighted by molar-refractivity contribution is 7.90. The number of rotatable bonds is 6. The van der Waals surface area contributed by atoms with E-state index >= 15 is 0 Å². The molecular formula is C17H20N4O5S. The van der Waals surface area contributed by atoms with Crippen LogP contribution in [0.2, 0.25) is 0 Å². The third-order valence-electron chi connectivity index (χ3n) is 4.21. The second-order valence-corrected chi connectivity index (χ2v) is 8.43. The number of carbonyl (C=O) groups excluding carboxylic acids is 2. The molecular weight excluding hydrogens is 372 g/mol. The van der Waals surface area contributed by atoms with Gasteiger partial charge < -0.3 is 9.32 Å². The topological polar surface area (TPSA) is 122 Å². The number of hydrogen-bond acceptors (Lipinski definition) is 7. The lowest BCUT2D eigenvalue weighted by Crippen LogP contribution is -2.24. The van der Waals surface area contributed by atoms with Crippen LogP contribution in [0.3, 0.4) is 0 Å². The van der Waals surface area contributed by atoms with Crippen LogP contribution in [-0.4, -0.2) is 43.2 Å². The normalized spacial score (nSPS) is 17.3. The second kappa shape index (κ2) is 7.47. The monoisotopic (exact) mass is 392 g/mol. The number of sulfone groups is 1. The summed E-state index contributed by atoms with van der Waals surface area (Å²) in [4.78, 5) is 25.7. The Labute approximate surface area is 156 Å². The Bertz CT molecular complexity index is 952. The van der Waals surface area contributed by atoms with Crippen molar-refractivity contribution in [3.63, 3.8) is 0 Å². The van der Waals surface area contributed by atoms with Crippen molar-refractivity contribution in [1.29, 1.82) is 0 Å². The minimum absolute atomic E-state index is 0.0202. The Morgan fingerprint density at radius 1 is 1.30 bits per heavy atom. The molecule has 0 bridgehead atoms.